The molecule has 1 rings (SSSR count). The van der Waals surface area contributed by atoms with E-state index in [4.69, 9.17) is 0 Å². The van der Waals surface area contributed by atoms with Crippen molar-refractivity contribution in [2.75, 3.05) is 0 Å². The Morgan fingerprint density at radius 3 is 2.47 bits per heavy atom. The zero-order chi connectivity index (χ0) is 14.6. The monoisotopic (exact) mass is 270 g/mol. The zero-order valence-electron chi connectivity index (χ0n) is 11.7. The van der Waals surface area contributed by atoms with Crippen LogP contribution >= 0.6 is 0 Å². The van der Waals surface area contributed by atoms with E-state index in [-0.39, 0.29) is 11.8 Å². The molecule has 6 heteroatoms. The molecule has 19 heavy (non-hydrogen) atoms. The van der Waals surface area contributed by atoms with Gasteiger partial charge in [-0.15, -0.1) is 0 Å². The third kappa shape index (κ3) is 3.94. The first-order valence-corrected chi connectivity index (χ1v) is 6.59. The minimum absolute atomic E-state index is 0.265. The molecule has 1 aliphatic carbocycles. The smallest absolute Gasteiger partial charge is 0.329 e. The number of carboxylic acid groups (broad SMARTS) is 1. The van der Waals surface area contributed by atoms with Gasteiger partial charge in [0.25, 0.3) is 0 Å². The fourth-order valence-electron chi connectivity index (χ4n) is 2.63. The highest BCUT2D eigenvalue weighted by Crippen LogP contribution is 2.32. The fraction of sp³-hybridized carbons (Fsp3) is 0.769. The first-order chi connectivity index (χ1) is 8.77. The van der Waals surface area contributed by atoms with Crippen LogP contribution in [0.2, 0.25) is 0 Å². The molecule has 1 aliphatic rings. The molecule has 0 heterocycles. The number of aliphatic carboxylic acids is 1. The highest BCUT2D eigenvalue weighted by Gasteiger charge is 2.43. The zero-order valence-corrected chi connectivity index (χ0v) is 11.7. The number of carbonyl (C=O) groups is 3. The van der Waals surface area contributed by atoms with Gasteiger partial charge in [0, 0.05) is 6.92 Å². The molecule has 3 unspecified atom stereocenters. The molecule has 0 saturated heterocycles. The summed E-state index contributed by atoms with van der Waals surface area (Å²) in [6.07, 6.45) is 2.63. The van der Waals surface area contributed by atoms with Gasteiger partial charge < -0.3 is 15.7 Å². The van der Waals surface area contributed by atoms with Crippen LogP contribution in [0.4, 0.5) is 0 Å². The van der Waals surface area contributed by atoms with Gasteiger partial charge in [0.05, 0.1) is 0 Å². The number of nitrogens with one attached hydrogen (secondary N) is 2. The molecule has 1 saturated carbocycles. The van der Waals surface area contributed by atoms with E-state index < -0.39 is 23.5 Å². The molecule has 0 aromatic rings. The van der Waals surface area contributed by atoms with Gasteiger partial charge in [-0.2, -0.15) is 0 Å². The summed E-state index contributed by atoms with van der Waals surface area (Å²) in [5.74, 6) is -1.50. The summed E-state index contributed by atoms with van der Waals surface area (Å²) in [4.78, 5) is 34.4. The van der Waals surface area contributed by atoms with Crippen LogP contribution in [0.1, 0.15) is 46.5 Å². The van der Waals surface area contributed by atoms with Crippen LogP contribution in [0.5, 0.6) is 0 Å². The molecular weight excluding hydrogens is 248 g/mol. The van der Waals surface area contributed by atoms with Crippen molar-refractivity contribution in [2.24, 2.45) is 5.92 Å². The van der Waals surface area contributed by atoms with Crippen molar-refractivity contribution in [3.63, 3.8) is 0 Å². The van der Waals surface area contributed by atoms with E-state index in [1.54, 1.807) is 6.92 Å². The minimum Gasteiger partial charge on any atom is -0.480 e. The maximum absolute atomic E-state index is 12.0. The second kappa shape index (κ2) is 6.04. The van der Waals surface area contributed by atoms with Crippen molar-refractivity contribution in [3.05, 3.63) is 0 Å². The highest BCUT2D eigenvalue weighted by molar-refractivity contribution is 5.91. The third-order valence-electron chi connectivity index (χ3n) is 3.58. The van der Waals surface area contributed by atoms with Gasteiger partial charge in [-0.3, -0.25) is 9.59 Å². The molecule has 0 radical (unpaired) electrons. The molecule has 3 atom stereocenters. The molecule has 0 aromatic carbocycles. The molecule has 2 amide bonds. The Morgan fingerprint density at radius 2 is 2.00 bits per heavy atom. The number of hydrogen-bond acceptors (Lipinski definition) is 3. The predicted octanol–water partition coefficient (Wildman–Crippen LogP) is 0.661. The molecule has 1 fully saturated rings. The van der Waals surface area contributed by atoms with Crippen LogP contribution in [0.15, 0.2) is 0 Å². The number of amides is 2. The summed E-state index contributed by atoms with van der Waals surface area (Å²) in [7, 11) is 0. The second-order valence-electron chi connectivity index (χ2n) is 5.50. The first-order valence-electron chi connectivity index (χ1n) is 6.59. The lowest BCUT2D eigenvalue weighted by atomic mass is 9.76. The lowest BCUT2D eigenvalue weighted by Gasteiger charge is -2.37. The summed E-state index contributed by atoms with van der Waals surface area (Å²) >= 11 is 0. The van der Waals surface area contributed by atoms with Crippen LogP contribution in [0, 0.1) is 5.92 Å². The Hall–Kier alpha value is -1.59. The van der Waals surface area contributed by atoms with Gasteiger partial charge in [0.1, 0.15) is 11.6 Å². The Morgan fingerprint density at radius 1 is 1.37 bits per heavy atom. The van der Waals surface area contributed by atoms with Crippen molar-refractivity contribution in [2.45, 2.75) is 58.0 Å². The van der Waals surface area contributed by atoms with Crippen LogP contribution in [0.25, 0.3) is 0 Å². The summed E-state index contributed by atoms with van der Waals surface area (Å²) in [6, 6.07) is -0.731. The number of carboxylic acids is 1. The molecule has 0 bridgehead atoms. The van der Waals surface area contributed by atoms with Crippen molar-refractivity contribution in [1.82, 2.24) is 10.6 Å². The van der Waals surface area contributed by atoms with Crippen LogP contribution < -0.4 is 10.6 Å². The van der Waals surface area contributed by atoms with Crippen molar-refractivity contribution >= 4 is 17.8 Å². The van der Waals surface area contributed by atoms with Crippen LogP contribution in [-0.2, 0) is 14.4 Å². The molecular formula is C13H22N2O4. The summed E-state index contributed by atoms with van der Waals surface area (Å²) in [5, 5.41) is 14.5. The Labute approximate surface area is 112 Å². The number of carbonyl (C=O) groups excluding carboxylic acids is 2. The van der Waals surface area contributed by atoms with E-state index in [9.17, 15) is 19.5 Å². The van der Waals surface area contributed by atoms with E-state index in [2.05, 4.69) is 10.6 Å². The lowest BCUT2D eigenvalue weighted by Crippen LogP contribution is -2.60. The lowest BCUT2D eigenvalue weighted by molar-refractivity contribution is -0.150. The summed E-state index contributed by atoms with van der Waals surface area (Å²) in [6.45, 7) is 4.85. The average Bonchev–Trinajstić information content (AvgIpc) is 2.27. The van der Waals surface area contributed by atoms with Gasteiger partial charge >= 0.3 is 5.97 Å². The third-order valence-corrected chi connectivity index (χ3v) is 3.58. The maximum Gasteiger partial charge on any atom is 0.329 e. The molecule has 3 N–H and O–H groups in total. The van der Waals surface area contributed by atoms with Crippen LogP contribution in [0.3, 0.4) is 0 Å². The van der Waals surface area contributed by atoms with Gasteiger partial charge in [-0.05, 0) is 25.7 Å². The van der Waals surface area contributed by atoms with E-state index in [1.165, 1.54) is 6.92 Å². The fourth-order valence-corrected chi connectivity index (χ4v) is 2.63. The Kier molecular flexibility index (Phi) is 4.91. The molecule has 0 spiro atoms. The molecule has 108 valence electrons. The second-order valence-corrected chi connectivity index (χ2v) is 5.50. The maximum atomic E-state index is 12.0. The summed E-state index contributed by atoms with van der Waals surface area (Å²) in [5.41, 5.74) is -1.19. The van der Waals surface area contributed by atoms with E-state index in [1.807, 2.05) is 6.92 Å². The van der Waals surface area contributed by atoms with E-state index in [0.717, 1.165) is 12.8 Å². The molecule has 0 aromatic heterocycles. The van der Waals surface area contributed by atoms with Crippen LogP contribution in [-0.4, -0.2) is 34.5 Å². The Balaban J connectivity index is 2.76. The largest absolute Gasteiger partial charge is 0.480 e. The normalized spacial score (nSPS) is 28.3. The topological polar surface area (TPSA) is 95.5 Å². The number of hydrogen-bond donors (Lipinski definition) is 3. The van der Waals surface area contributed by atoms with Gasteiger partial charge in [0.2, 0.25) is 11.8 Å². The van der Waals surface area contributed by atoms with E-state index >= 15 is 0 Å². The molecule has 6 nitrogen and oxygen atoms in total. The van der Waals surface area contributed by atoms with Gasteiger partial charge in [0.15, 0.2) is 0 Å². The molecule has 0 aliphatic heterocycles. The van der Waals surface area contributed by atoms with Gasteiger partial charge in [-0.25, -0.2) is 4.79 Å². The Bertz CT molecular complexity index is 383. The highest BCUT2D eigenvalue weighted by atomic mass is 16.4. The quantitative estimate of drug-likeness (QED) is 0.699. The van der Waals surface area contributed by atoms with Crippen molar-refractivity contribution in [3.8, 4) is 0 Å². The first kappa shape index (κ1) is 15.5. The summed E-state index contributed by atoms with van der Waals surface area (Å²) < 4.78 is 0. The number of rotatable bonds is 4. The van der Waals surface area contributed by atoms with E-state index in [0.29, 0.717) is 12.8 Å². The SMILES string of the molecule is CC(=O)NC(C)C(=O)NC1(C(=O)O)CCCC(C)C1. The predicted molar refractivity (Wildman–Crippen MR) is 69.4 cm³/mol. The average molecular weight is 270 g/mol. The minimum atomic E-state index is -1.19. The van der Waals surface area contributed by atoms with Crippen molar-refractivity contribution in [1.29, 1.82) is 0 Å². The standard InChI is InChI=1S/C13H22N2O4/c1-8-5-4-6-13(7-8,12(18)19)15-11(17)9(2)14-10(3)16/h8-9H,4-7H2,1-3H3,(H,14,16)(H,15,17)(H,18,19). The van der Waals surface area contributed by atoms with Gasteiger partial charge in [-0.1, -0.05) is 19.8 Å². The van der Waals surface area contributed by atoms with Crippen molar-refractivity contribution < 1.29 is 19.5 Å².